The summed E-state index contributed by atoms with van der Waals surface area (Å²) in [5, 5.41) is 12.5. The highest BCUT2D eigenvalue weighted by molar-refractivity contribution is 7.89. The summed E-state index contributed by atoms with van der Waals surface area (Å²) >= 11 is 5.74. The van der Waals surface area contributed by atoms with Gasteiger partial charge in [-0.3, -0.25) is 4.68 Å². The Bertz CT molecular complexity index is 438. The Morgan fingerprint density at radius 1 is 1.69 bits per heavy atom. The highest BCUT2D eigenvalue weighted by Gasteiger charge is 2.24. The minimum absolute atomic E-state index is 0.0704. The van der Waals surface area contributed by atoms with E-state index in [-0.39, 0.29) is 22.7 Å². The fourth-order valence-electron chi connectivity index (χ4n) is 1.28. The Kier molecular flexibility index (Phi) is 4.31. The molecule has 0 aromatic carbocycles. The zero-order chi connectivity index (χ0) is 12.3. The van der Waals surface area contributed by atoms with Crippen LogP contribution in [-0.2, 0) is 17.1 Å². The summed E-state index contributed by atoms with van der Waals surface area (Å²) in [4.78, 5) is 0. The van der Waals surface area contributed by atoms with E-state index in [2.05, 4.69) is 9.82 Å². The average molecular weight is 268 g/mol. The first kappa shape index (κ1) is 13.4. The maximum atomic E-state index is 11.9. The van der Waals surface area contributed by atoms with Crippen LogP contribution in [0.3, 0.4) is 0 Å². The monoisotopic (exact) mass is 267 g/mol. The van der Waals surface area contributed by atoms with Gasteiger partial charge >= 0.3 is 0 Å². The number of nitrogens with zero attached hydrogens (tertiary/aromatic N) is 2. The first-order chi connectivity index (χ1) is 7.38. The van der Waals surface area contributed by atoms with Crippen LogP contribution >= 0.6 is 11.6 Å². The molecule has 0 saturated carbocycles. The molecule has 1 heterocycles. The molecular weight excluding hydrogens is 254 g/mol. The van der Waals surface area contributed by atoms with Crippen molar-refractivity contribution in [2.24, 2.45) is 7.05 Å². The molecule has 0 saturated heterocycles. The van der Waals surface area contributed by atoms with Gasteiger partial charge < -0.3 is 5.11 Å². The second kappa shape index (κ2) is 5.13. The standard InChI is InChI=1S/C8H14ClN3O3S/c1-6(3-4-13)11-16(14,15)8-7(9)5-10-12(8)2/h5-6,11,13H,3-4H2,1-2H3. The number of rotatable bonds is 5. The van der Waals surface area contributed by atoms with Crippen LogP contribution < -0.4 is 4.72 Å². The van der Waals surface area contributed by atoms with Crippen LogP contribution in [0.5, 0.6) is 0 Å². The molecule has 0 bridgehead atoms. The molecule has 2 N–H and O–H groups in total. The lowest BCUT2D eigenvalue weighted by atomic mass is 10.3. The molecule has 0 radical (unpaired) electrons. The summed E-state index contributed by atoms with van der Waals surface area (Å²) < 4.78 is 27.4. The lowest BCUT2D eigenvalue weighted by Gasteiger charge is -2.13. The molecular formula is C8H14ClN3O3S. The van der Waals surface area contributed by atoms with Gasteiger partial charge in [-0.1, -0.05) is 11.6 Å². The van der Waals surface area contributed by atoms with E-state index in [9.17, 15) is 8.42 Å². The van der Waals surface area contributed by atoms with Gasteiger partial charge in [0.05, 0.1) is 11.2 Å². The van der Waals surface area contributed by atoms with Crippen molar-refractivity contribution in [2.75, 3.05) is 6.61 Å². The van der Waals surface area contributed by atoms with Crippen molar-refractivity contribution in [3.63, 3.8) is 0 Å². The van der Waals surface area contributed by atoms with Crippen molar-refractivity contribution < 1.29 is 13.5 Å². The minimum Gasteiger partial charge on any atom is -0.396 e. The average Bonchev–Trinajstić information content (AvgIpc) is 2.45. The SMILES string of the molecule is CC(CCO)NS(=O)(=O)c1c(Cl)cnn1C. The summed E-state index contributed by atoms with van der Waals surface area (Å²) in [6, 6.07) is -0.360. The number of halogens is 1. The number of sulfonamides is 1. The normalized spacial score (nSPS) is 14.0. The molecule has 0 amide bonds. The molecule has 16 heavy (non-hydrogen) atoms. The topological polar surface area (TPSA) is 84.2 Å². The highest BCUT2D eigenvalue weighted by atomic mass is 35.5. The third-order valence-corrected chi connectivity index (χ3v) is 4.11. The third-order valence-electron chi connectivity index (χ3n) is 2.02. The van der Waals surface area contributed by atoms with Crippen molar-refractivity contribution in [3.8, 4) is 0 Å². The maximum Gasteiger partial charge on any atom is 0.259 e. The quantitative estimate of drug-likeness (QED) is 0.794. The van der Waals surface area contributed by atoms with Crippen LogP contribution in [0.15, 0.2) is 11.2 Å². The van der Waals surface area contributed by atoms with E-state index in [0.29, 0.717) is 6.42 Å². The summed E-state index contributed by atoms with van der Waals surface area (Å²) in [6.45, 7) is 1.58. The zero-order valence-electron chi connectivity index (χ0n) is 9.01. The van der Waals surface area contributed by atoms with Crippen LogP contribution in [0, 0.1) is 0 Å². The number of nitrogens with one attached hydrogen (secondary N) is 1. The predicted octanol–water partition coefficient (Wildman–Crippen LogP) is 0.123. The van der Waals surface area contributed by atoms with E-state index in [4.69, 9.17) is 16.7 Å². The number of aryl methyl sites for hydroxylation is 1. The van der Waals surface area contributed by atoms with Crippen LogP contribution in [-0.4, -0.2) is 36.0 Å². The fourth-order valence-corrected chi connectivity index (χ4v) is 3.21. The van der Waals surface area contributed by atoms with Gasteiger partial charge in [0.25, 0.3) is 10.0 Å². The zero-order valence-corrected chi connectivity index (χ0v) is 10.6. The first-order valence-corrected chi connectivity index (χ1v) is 6.55. The summed E-state index contributed by atoms with van der Waals surface area (Å²) in [7, 11) is -2.20. The van der Waals surface area contributed by atoms with E-state index in [1.807, 2.05) is 0 Å². The Morgan fingerprint density at radius 2 is 2.31 bits per heavy atom. The van der Waals surface area contributed by atoms with Crippen molar-refractivity contribution in [1.29, 1.82) is 0 Å². The van der Waals surface area contributed by atoms with Crippen LogP contribution in [0.2, 0.25) is 5.02 Å². The number of aliphatic hydroxyl groups is 1. The lowest BCUT2D eigenvalue weighted by molar-refractivity contribution is 0.275. The van der Waals surface area contributed by atoms with Gasteiger partial charge in [-0.05, 0) is 13.3 Å². The minimum atomic E-state index is -3.69. The van der Waals surface area contributed by atoms with Gasteiger partial charge in [-0.25, -0.2) is 13.1 Å². The molecule has 0 fully saturated rings. The second-order valence-corrected chi connectivity index (χ2v) is 5.49. The number of aromatic nitrogens is 2. The van der Waals surface area contributed by atoms with Crippen LogP contribution in [0.25, 0.3) is 0 Å². The molecule has 1 atom stereocenters. The van der Waals surface area contributed by atoms with Crippen LogP contribution in [0.4, 0.5) is 0 Å². The van der Waals surface area contributed by atoms with Gasteiger partial charge in [0.1, 0.15) is 0 Å². The molecule has 92 valence electrons. The molecule has 1 rings (SSSR count). The largest absolute Gasteiger partial charge is 0.396 e. The maximum absolute atomic E-state index is 11.9. The third kappa shape index (κ3) is 2.94. The number of hydrogen-bond donors (Lipinski definition) is 2. The first-order valence-electron chi connectivity index (χ1n) is 4.69. The number of hydrogen-bond acceptors (Lipinski definition) is 4. The molecule has 1 aromatic rings. The molecule has 0 aliphatic rings. The van der Waals surface area contributed by atoms with Gasteiger partial charge in [0.15, 0.2) is 5.03 Å². The van der Waals surface area contributed by atoms with E-state index in [1.54, 1.807) is 6.92 Å². The van der Waals surface area contributed by atoms with E-state index < -0.39 is 10.0 Å². The van der Waals surface area contributed by atoms with Gasteiger partial charge in [-0.2, -0.15) is 5.10 Å². The van der Waals surface area contributed by atoms with Gasteiger partial charge in [-0.15, -0.1) is 0 Å². The van der Waals surface area contributed by atoms with E-state index in [1.165, 1.54) is 17.9 Å². The van der Waals surface area contributed by atoms with Crippen molar-refractivity contribution in [2.45, 2.75) is 24.4 Å². The Balaban J connectivity index is 2.95. The molecule has 1 aromatic heterocycles. The van der Waals surface area contributed by atoms with Gasteiger partial charge in [0, 0.05) is 19.7 Å². The van der Waals surface area contributed by atoms with Crippen molar-refractivity contribution >= 4 is 21.6 Å². The van der Waals surface area contributed by atoms with Crippen LogP contribution in [0.1, 0.15) is 13.3 Å². The summed E-state index contributed by atoms with van der Waals surface area (Å²) in [5.74, 6) is 0. The summed E-state index contributed by atoms with van der Waals surface area (Å²) in [6.07, 6.45) is 1.61. The summed E-state index contributed by atoms with van der Waals surface area (Å²) in [5.41, 5.74) is 0. The Labute approximate surface area is 99.3 Å². The van der Waals surface area contributed by atoms with Gasteiger partial charge in [0.2, 0.25) is 0 Å². The molecule has 0 aliphatic carbocycles. The van der Waals surface area contributed by atoms with E-state index in [0.717, 1.165) is 0 Å². The Hall–Kier alpha value is -0.630. The molecule has 1 unspecified atom stereocenters. The Morgan fingerprint density at radius 3 is 2.75 bits per heavy atom. The smallest absolute Gasteiger partial charge is 0.259 e. The van der Waals surface area contributed by atoms with Crippen molar-refractivity contribution in [3.05, 3.63) is 11.2 Å². The number of aliphatic hydroxyl groups excluding tert-OH is 1. The molecule has 8 heteroatoms. The lowest BCUT2D eigenvalue weighted by Crippen LogP contribution is -2.34. The van der Waals surface area contributed by atoms with E-state index >= 15 is 0 Å². The molecule has 0 spiro atoms. The predicted molar refractivity (Wildman–Crippen MR) is 59.7 cm³/mol. The van der Waals surface area contributed by atoms with Crippen molar-refractivity contribution in [1.82, 2.24) is 14.5 Å². The highest BCUT2D eigenvalue weighted by Crippen LogP contribution is 2.19. The molecule has 0 aliphatic heterocycles. The second-order valence-electron chi connectivity index (χ2n) is 3.46. The fraction of sp³-hybridized carbons (Fsp3) is 0.625. The molecule has 6 nitrogen and oxygen atoms in total.